The molecule has 1 heterocycles. The van der Waals surface area contributed by atoms with Gasteiger partial charge in [0.05, 0.1) is 17.1 Å². The molecule has 0 amide bonds. The summed E-state index contributed by atoms with van der Waals surface area (Å²) in [5.74, 6) is 1.20. The maximum absolute atomic E-state index is 11.6. The van der Waals surface area contributed by atoms with E-state index in [9.17, 15) is 20.2 Å². The number of hydrogen-bond donors (Lipinski definition) is 0. The Bertz CT molecular complexity index is 1490. The van der Waals surface area contributed by atoms with Crippen LogP contribution in [0.15, 0.2) is 65.8 Å². The molecular formula is C26H24ClN5O6S. The second kappa shape index (κ2) is 12.1. The van der Waals surface area contributed by atoms with Gasteiger partial charge in [-0.1, -0.05) is 41.1 Å². The molecule has 202 valence electrons. The standard InChI is InChI=1S/C26H24ClN5O6S/c1-16-4-8-20(9-5-16)31-17(2)28-29-26(31)39-24(14-30(33)34)19-12-22(27)25(23(13-19)37-3)38-15-18-6-10-21(11-7-18)32(35)36/h4-13,24H,14-15H2,1-3H3/t24-/m0/s1. The van der Waals surface area contributed by atoms with E-state index in [1.807, 2.05) is 42.7 Å². The third-order valence-corrected chi connectivity index (χ3v) is 7.27. The first kappa shape index (κ1) is 27.9. The van der Waals surface area contributed by atoms with Gasteiger partial charge < -0.3 is 9.47 Å². The first-order chi connectivity index (χ1) is 18.7. The van der Waals surface area contributed by atoms with Crippen molar-refractivity contribution in [1.82, 2.24) is 14.8 Å². The molecule has 1 atom stereocenters. The van der Waals surface area contributed by atoms with Gasteiger partial charge in [0.25, 0.3) is 5.69 Å². The van der Waals surface area contributed by atoms with Crippen molar-refractivity contribution >= 4 is 29.1 Å². The number of methoxy groups -OCH3 is 1. The predicted octanol–water partition coefficient (Wildman–Crippen LogP) is 6.14. The Morgan fingerprint density at radius 2 is 1.72 bits per heavy atom. The number of nitro benzene ring substituents is 1. The Balaban J connectivity index is 1.62. The van der Waals surface area contributed by atoms with Crippen molar-refractivity contribution in [3.63, 3.8) is 0 Å². The number of benzene rings is 3. The minimum absolute atomic E-state index is 0.0264. The zero-order valence-electron chi connectivity index (χ0n) is 21.2. The van der Waals surface area contributed by atoms with Crippen molar-refractivity contribution in [2.75, 3.05) is 13.7 Å². The molecule has 0 spiro atoms. The van der Waals surface area contributed by atoms with Gasteiger partial charge in [-0.25, -0.2) is 0 Å². The van der Waals surface area contributed by atoms with Gasteiger partial charge in [0.2, 0.25) is 6.54 Å². The lowest BCUT2D eigenvalue weighted by Crippen LogP contribution is -2.12. The number of non-ortho nitro benzene ring substituents is 1. The molecule has 0 bridgehead atoms. The summed E-state index contributed by atoms with van der Waals surface area (Å²) in [6.45, 7) is 3.49. The fourth-order valence-corrected chi connectivity index (χ4v) is 5.25. The molecule has 39 heavy (non-hydrogen) atoms. The molecule has 0 aliphatic rings. The number of nitrogens with zero attached hydrogens (tertiary/aromatic N) is 5. The number of halogens is 1. The molecule has 0 aliphatic heterocycles. The van der Waals surface area contributed by atoms with Crippen molar-refractivity contribution in [1.29, 1.82) is 0 Å². The fourth-order valence-electron chi connectivity index (χ4n) is 3.82. The smallest absolute Gasteiger partial charge is 0.269 e. The quantitative estimate of drug-likeness (QED) is 0.118. The molecule has 4 rings (SSSR count). The number of aromatic nitrogens is 3. The maximum atomic E-state index is 11.6. The van der Waals surface area contributed by atoms with Gasteiger partial charge >= 0.3 is 0 Å². The molecule has 0 unspecified atom stereocenters. The number of aryl methyl sites for hydroxylation is 2. The zero-order valence-corrected chi connectivity index (χ0v) is 22.8. The van der Waals surface area contributed by atoms with E-state index in [1.165, 1.54) is 31.0 Å². The molecule has 0 aliphatic carbocycles. The highest BCUT2D eigenvalue weighted by atomic mass is 35.5. The van der Waals surface area contributed by atoms with Crippen LogP contribution in [0.4, 0.5) is 5.69 Å². The van der Waals surface area contributed by atoms with Crippen molar-refractivity contribution in [3.05, 3.63) is 108 Å². The zero-order chi connectivity index (χ0) is 28.1. The van der Waals surface area contributed by atoms with Crippen molar-refractivity contribution in [2.24, 2.45) is 0 Å². The molecule has 11 nitrogen and oxygen atoms in total. The number of rotatable bonds is 11. The van der Waals surface area contributed by atoms with Gasteiger partial charge in [-0.3, -0.25) is 24.8 Å². The van der Waals surface area contributed by atoms with E-state index in [-0.39, 0.29) is 23.1 Å². The van der Waals surface area contributed by atoms with Gasteiger partial charge in [-0.05, 0) is 61.4 Å². The first-order valence-corrected chi connectivity index (χ1v) is 12.9. The molecule has 0 fully saturated rings. The molecule has 1 aromatic heterocycles. The fraction of sp³-hybridized carbons (Fsp3) is 0.231. The minimum atomic E-state index is -0.664. The second-order valence-corrected chi connectivity index (χ2v) is 10.1. The summed E-state index contributed by atoms with van der Waals surface area (Å²) in [6.07, 6.45) is 0. The largest absolute Gasteiger partial charge is 0.493 e. The maximum Gasteiger partial charge on any atom is 0.269 e. The topological polar surface area (TPSA) is 135 Å². The predicted molar refractivity (Wildman–Crippen MR) is 147 cm³/mol. The number of ether oxygens (including phenoxy) is 2. The lowest BCUT2D eigenvalue weighted by Gasteiger charge is -2.18. The Morgan fingerprint density at radius 3 is 2.33 bits per heavy atom. The van der Waals surface area contributed by atoms with Crippen LogP contribution in [0.1, 0.15) is 27.8 Å². The number of hydrogen-bond acceptors (Lipinski definition) is 9. The summed E-state index contributed by atoms with van der Waals surface area (Å²) < 4.78 is 13.2. The van der Waals surface area contributed by atoms with E-state index in [1.54, 1.807) is 24.3 Å². The molecular weight excluding hydrogens is 546 g/mol. The Kier molecular flexibility index (Phi) is 8.67. The van der Waals surface area contributed by atoms with Gasteiger partial charge in [0.15, 0.2) is 16.7 Å². The second-order valence-electron chi connectivity index (χ2n) is 8.57. The number of thioether (sulfide) groups is 1. The van der Waals surface area contributed by atoms with Gasteiger partial charge in [0.1, 0.15) is 17.7 Å². The summed E-state index contributed by atoms with van der Waals surface area (Å²) >= 11 is 7.77. The SMILES string of the molecule is COc1cc([C@H](C[N+](=O)[O-])Sc2nnc(C)n2-c2ccc(C)cc2)cc(Cl)c1OCc1ccc([N+](=O)[O-])cc1. The summed E-state index contributed by atoms with van der Waals surface area (Å²) in [5.41, 5.74) is 3.16. The van der Waals surface area contributed by atoms with Crippen molar-refractivity contribution in [2.45, 2.75) is 30.9 Å². The molecule has 13 heteroatoms. The third-order valence-electron chi connectivity index (χ3n) is 5.80. The summed E-state index contributed by atoms with van der Waals surface area (Å²) in [4.78, 5) is 21.6. The lowest BCUT2D eigenvalue weighted by atomic mass is 10.1. The van der Waals surface area contributed by atoms with Crippen LogP contribution in [0.3, 0.4) is 0 Å². The van der Waals surface area contributed by atoms with E-state index >= 15 is 0 Å². The van der Waals surface area contributed by atoms with Crippen LogP contribution in [-0.2, 0) is 6.61 Å². The Morgan fingerprint density at radius 1 is 1.03 bits per heavy atom. The monoisotopic (exact) mass is 569 g/mol. The van der Waals surface area contributed by atoms with Crippen molar-refractivity contribution in [3.8, 4) is 17.2 Å². The van der Waals surface area contributed by atoms with Crippen LogP contribution >= 0.6 is 23.4 Å². The van der Waals surface area contributed by atoms with E-state index in [0.717, 1.165) is 11.3 Å². The normalized spacial score (nSPS) is 11.7. The Labute approximate surface area is 233 Å². The van der Waals surface area contributed by atoms with E-state index in [0.29, 0.717) is 27.9 Å². The summed E-state index contributed by atoms with van der Waals surface area (Å²) in [5, 5.41) is 31.0. The highest BCUT2D eigenvalue weighted by Crippen LogP contribution is 2.43. The molecule has 0 radical (unpaired) electrons. The lowest BCUT2D eigenvalue weighted by molar-refractivity contribution is -0.479. The molecule has 0 N–H and O–H groups in total. The van der Waals surface area contributed by atoms with Gasteiger partial charge in [-0.15, -0.1) is 10.2 Å². The van der Waals surface area contributed by atoms with E-state index < -0.39 is 21.6 Å². The van der Waals surface area contributed by atoms with Crippen LogP contribution in [0, 0.1) is 34.1 Å². The van der Waals surface area contributed by atoms with Gasteiger partial charge in [0, 0.05) is 22.7 Å². The third kappa shape index (κ3) is 6.65. The summed E-state index contributed by atoms with van der Waals surface area (Å²) in [6, 6.07) is 17.0. The average molecular weight is 570 g/mol. The summed E-state index contributed by atoms with van der Waals surface area (Å²) in [7, 11) is 1.45. The van der Waals surface area contributed by atoms with Gasteiger partial charge in [-0.2, -0.15) is 0 Å². The molecule has 4 aromatic rings. The number of nitro groups is 2. The van der Waals surface area contributed by atoms with Crippen LogP contribution in [-0.4, -0.2) is 38.3 Å². The van der Waals surface area contributed by atoms with Crippen LogP contribution in [0.5, 0.6) is 11.5 Å². The molecule has 3 aromatic carbocycles. The van der Waals surface area contributed by atoms with Crippen LogP contribution < -0.4 is 9.47 Å². The Hall–Kier alpha value is -4.16. The van der Waals surface area contributed by atoms with Crippen molar-refractivity contribution < 1.29 is 19.3 Å². The average Bonchev–Trinajstić information content (AvgIpc) is 3.27. The molecule has 0 saturated heterocycles. The van der Waals surface area contributed by atoms with Crippen LogP contribution in [0.25, 0.3) is 5.69 Å². The highest BCUT2D eigenvalue weighted by molar-refractivity contribution is 7.99. The minimum Gasteiger partial charge on any atom is -0.493 e. The highest BCUT2D eigenvalue weighted by Gasteiger charge is 2.26. The van der Waals surface area contributed by atoms with E-state index in [4.69, 9.17) is 21.1 Å². The molecule has 0 saturated carbocycles. The van der Waals surface area contributed by atoms with E-state index in [2.05, 4.69) is 10.2 Å². The first-order valence-electron chi connectivity index (χ1n) is 11.7. The van der Waals surface area contributed by atoms with Crippen LogP contribution in [0.2, 0.25) is 5.02 Å².